The highest BCUT2D eigenvalue weighted by Gasteiger charge is 2.25. The molecule has 0 aliphatic heterocycles. The van der Waals surface area contributed by atoms with Gasteiger partial charge < -0.3 is 10.2 Å². The average molecular weight is 295 g/mol. The first kappa shape index (κ1) is 15.8. The molecule has 0 saturated heterocycles. The molecular formula is C16H29N3S. The molecule has 3 nitrogen and oxygen atoms in total. The quantitative estimate of drug-likeness (QED) is 0.860. The maximum atomic E-state index is 4.90. The van der Waals surface area contributed by atoms with Crippen molar-refractivity contribution >= 4 is 16.5 Å². The molecule has 1 heterocycles. The predicted octanol–water partition coefficient (Wildman–Crippen LogP) is 4.00. The zero-order valence-electron chi connectivity index (χ0n) is 13.8. The molecule has 0 aromatic carbocycles. The van der Waals surface area contributed by atoms with E-state index in [0.29, 0.717) is 5.92 Å². The first-order valence-corrected chi connectivity index (χ1v) is 8.53. The molecule has 2 rings (SSSR count). The lowest BCUT2D eigenvalue weighted by Gasteiger charge is -2.20. The summed E-state index contributed by atoms with van der Waals surface area (Å²) in [5.74, 6) is 1.40. The summed E-state index contributed by atoms with van der Waals surface area (Å²) in [5.41, 5.74) is 1.42. The molecule has 1 aliphatic carbocycles. The number of nitrogens with zero attached hydrogens (tertiary/aromatic N) is 2. The second-order valence-electron chi connectivity index (χ2n) is 7.39. The fraction of sp³-hybridized carbons (Fsp3) is 0.812. The van der Waals surface area contributed by atoms with Crippen LogP contribution in [0.2, 0.25) is 0 Å². The van der Waals surface area contributed by atoms with E-state index in [0.717, 1.165) is 19.0 Å². The Balaban J connectivity index is 2.10. The highest BCUT2D eigenvalue weighted by molar-refractivity contribution is 7.15. The first-order valence-electron chi connectivity index (χ1n) is 7.72. The normalized spacial score (nSPS) is 15.9. The summed E-state index contributed by atoms with van der Waals surface area (Å²) in [6.45, 7) is 13.2. The molecule has 1 aliphatic rings. The molecule has 0 bridgehead atoms. The summed E-state index contributed by atoms with van der Waals surface area (Å²) in [6.07, 6.45) is 2.79. The van der Waals surface area contributed by atoms with Crippen LogP contribution >= 0.6 is 11.3 Å². The zero-order valence-corrected chi connectivity index (χ0v) is 14.6. The Morgan fingerprint density at radius 1 is 1.35 bits per heavy atom. The van der Waals surface area contributed by atoms with Gasteiger partial charge in [-0.25, -0.2) is 4.98 Å². The molecule has 0 atom stereocenters. The van der Waals surface area contributed by atoms with Crippen LogP contribution in [0.1, 0.15) is 63.9 Å². The molecule has 1 saturated carbocycles. The van der Waals surface area contributed by atoms with Gasteiger partial charge in [0, 0.05) is 30.6 Å². The summed E-state index contributed by atoms with van der Waals surface area (Å²) >= 11 is 1.86. The molecule has 0 unspecified atom stereocenters. The van der Waals surface area contributed by atoms with Gasteiger partial charge in [-0.3, -0.25) is 0 Å². The molecule has 0 radical (unpaired) electrons. The van der Waals surface area contributed by atoms with Gasteiger partial charge >= 0.3 is 0 Å². The summed E-state index contributed by atoms with van der Waals surface area (Å²) in [6, 6.07) is 0. The van der Waals surface area contributed by atoms with Crippen LogP contribution in [0.25, 0.3) is 0 Å². The van der Waals surface area contributed by atoms with E-state index in [4.69, 9.17) is 4.98 Å². The van der Waals surface area contributed by atoms with Crippen molar-refractivity contribution in [3.05, 3.63) is 10.6 Å². The molecule has 1 fully saturated rings. The average Bonchev–Trinajstić information content (AvgIpc) is 3.02. The van der Waals surface area contributed by atoms with Crippen molar-refractivity contribution < 1.29 is 0 Å². The standard InChI is InChI=1S/C16H29N3S/c1-11(2)14-13(9-17-16(3,4)5)20-15(18-14)19(6)10-12-7-8-12/h11-12,17H,7-10H2,1-6H3. The third kappa shape index (κ3) is 4.45. The molecule has 114 valence electrons. The second-order valence-corrected chi connectivity index (χ2v) is 8.45. The first-order chi connectivity index (χ1) is 9.26. The lowest BCUT2D eigenvalue weighted by Crippen LogP contribution is -2.35. The third-order valence-electron chi connectivity index (χ3n) is 3.60. The van der Waals surface area contributed by atoms with Gasteiger partial charge in [0.25, 0.3) is 0 Å². The smallest absolute Gasteiger partial charge is 0.185 e. The van der Waals surface area contributed by atoms with Gasteiger partial charge in [-0.15, -0.1) is 11.3 Å². The van der Waals surface area contributed by atoms with E-state index in [-0.39, 0.29) is 5.54 Å². The Bertz CT molecular complexity index is 441. The van der Waals surface area contributed by atoms with Crippen molar-refractivity contribution in [2.75, 3.05) is 18.5 Å². The SMILES string of the molecule is CC(C)c1nc(N(C)CC2CC2)sc1CNC(C)(C)C. The lowest BCUT2D eigenvalue weighted by atomic mass is 10.1. The maximum Gasteiger partial charge on any atom is 0.185 e. The van der Waals surface area contributed by atoms with Crippen LogP contribution in [-0.4, -0.2) is 24.1 Å². The van der Waals surface area contributed by atoms with Crippen LogP contribution in [-0.2, 0) is 6.54 Å². The molecule has 4 heteroatoms. The summed E-state index contributed by atoms with van der Waals surface area (Å²) in [7, 11) is 2.18. The van der Waals surface area contributed by atoms with E-state index in [1.54, 1.807) is 0 Å². The maximum absolute atomic E-state index is 4.90. The predicted molar refractivity (Wildman–Crippen MR) is 88.8 cm³/mol. The Morgan fingerprint density at radius 2 is 2.00 bits per heavy atom. The molecule has 1 aromatic heterocycles. The van der Waals surface area contributed by atoms with Crippen LogP contribution in [0.15, 0.2) is 0 Å². The lowest BCUT2D eigenvalue weighted by molar-refractivity contribution is 0.425. The van der Waals surface area contributed by atoms with Crippen molar-refractivity contribution in [3.63, 3.8) is 0 Å². The van der Waals surface area contributed by atoms with Crippen molar-refractivity contribution in [2.45, 2.75) is 65.5 Å². The largest absolute Gasteiger partial charge is 0.351 e. The van der Waals surface area contributed by atoms with Gasteiger partial charge in [0.2, 0.25) is 0 Å². The highest BCUT2D eigenvalue weighted by atomic mass is 32.1. The summed E-state index contributed by atoms with van der Waals surface area (Å²) in [4.78, 5) is 8.63. The molecule has 20 heavy (non-hydrogen) atoms. The molecular weight excluding hydrogens is 266 g/mol. The fourth-order valence-corrected chi connectivity index (χ4v) is 3.33. The number of hydrogen-bond acceptors (Lipinski definition) is 4. The Hall–Kier alpha value is -0.610. The third-order valence-corrected chi connectivity index (χ3v) is 4.78. The molecule has 0 amide bonds. The molecule has 1 N–H and O–H groups in total. The minimum atomic E-state index is 0.151. The number of aromatic nitrogens is 1. The van der Waals surface area contributed by atoms with Crippen LogP contribution in [0.4, 0.5) is 5.13 Å². The van der Waals surface area contributed by atoms with E-state index >= 15 is 0 Å². The van der Waals surface area contributed by atoms with Crippen LogP contribution < -0.4 is 10.2 Å². The van der Waals surface area contributed by atoms with E-state index in [1.165, 1.54) is 28.5 Å². The number of nitrogens with one attached hydrogen (secondary N) is 1. The van der Waals surface area contributed by atoms with Gasteiger partial charge in [0.05, 0.1) is 5.69 Å². The number of rotatable bonds is 6. The van der Waals surface area contributed by atoms with Gasteiger partial charge in [-0.1, -0.05) is 13.8 Å². The van der Waals surface area contributed by atoms with Crippen molar-refractivity contribution in [1.82, 2.24) is 10.3 Å². The molecule has 0 spiro atoms. The Morgan fingerprint density at radius 3 is 2.50 bits per heavy atom. The van der Waals surface area contributed by atoms with Crippen molar-refractivity contribution in [3.8, 4) is 0 Å². The number of thiazole rings is 1. The Kier molecular flexibility index (Phi) is 4.75. The Labute approximate surface area is 127 Å². The van der Waals surface area contributed by atoms with Crippen molar-refractivity contribution in [1.29, 1.82) is 0 Å². The summed E-state index contributed by atoms with van der Waals surface area (Å²) < 4.78 is 0. The van der Waals surface area contributed by atoms with Gasteiger partial charge in [-0.05, 0) is 45.4 Å². The van der Waals surface area contributed by atoms with Crippen LogP contribution in [0.3, 0.4) is 0 Å². The number of anilines is 1. The molecule has 1 aromatic rings. The van der Waals surface area contributed by atoms with Crippen LogP contribution in [0, 0.1) is 5.92 Å². The summed E-state index contributed by atoms with van der Waals surface area (Å²) in [5, 5.41) is 4.78. The van der Waals surface area contributed by atoms with Crippen LogP contribution in [0.5, 0.6) is 0 Å². The fourth-order valence-electron chi connectivity index (χ4n) is 2.20. The van der Waals surface area contributed by atoms with E-state index in [9.17, 15) is 0 Å². The van der Waals surface area contributed by atoms with Gasteiger partial charge in [0.1, 0.15) is 0 Å². The van der Waals surface area contributed by atoms with E-state index in [2.05, 4.69) is 51.9 Å². The van der Waals surface area contributed by atoms with E-state index in [1.807, 2.05) is 11.3 Å². The minimum Gasteiger partial charge on any atom is -0.351 e. The van der Waals surface area contributed by atoms with Gasteiger partial charge in [-0.2, -0.15) is 0 Å². The topological polar surface area (TPSA) is 28.2 Å². The number of hydrogen-bond donors (Lipinski definition) is 1. The monoisotopic (exact) mass is 295 g/mol. The van der Waals surface area contributed by atoms with Crippen molar-refractivity contribution in [2.24, 2.45) is 5.92 Å². The minimum absolute atomic E-state index is 0.151. The van der Waals surface area contributed by atoms with E-state index < -0.39 is 0 Å². The van der Waals surface area contributed by atoms with Gasteiger partial charge in [0.15, 0.2) is 5.13 Å². The zero-order chi connectivity index (χ0) is 14.9. The highest BCUT2D eigenvalue weighted by Crippen LogP contribution is 2.34. The second kappa shape index (κ2) is 6.02.